The van der Waals surface area contributed by atoms with Gasteiger partial charge >= 0.3 is 0 Å². The van der Waals surface area contributed by atoms with Crippen LogP contribution in [0.15, 0.2) is 10.3 Å². The fourth-order valence-corrected chi connectivity index (χ4v) is 0.500. The number of hydrogen-bond donors (Lipinski definition) is 2. The van der Waals surface area contributed by atoms with Crippen LogP contribution in [0.2, 0.25) is 0 Å². The smallest absolute Gasteiger partial charge is 0.236 e. The number of nitrogens with one attached hydrogen (secondary N) is 2. The zero-order valence-corrected chi connectivity index (χ0v) is 6.02. The summed E-state index contributed by atoms with van der Waals surface area (Å²) in [6.07, 6.45) is 0. The molecule has 0 fully saturated rings. The Morgan fingerprint density at radius 3 is 2.62 bits per heavy atom. The van der Waals surface area contributed by atoms with Gasteiger partial charge in [0.1, 0.15) is 5.95 Å². The van der Waals surface area contributed by atoms with E-state index in [0.717, 1.165) is 0 Å². The van der Waals surface area contributed by atoms with Gasteiger partial charge in [0.25, 0.3) is 5.95 Å². The van der Waals surface area contributed by atoms with Crippen LogP contribution in [0, 0.1) is 0 Å². The van der Waals surface area contributed by atoms with E-state index < -0.39 is 0 Å². The molecule has 0 bridgehead atoms. The first-order valence-corrected chi connectivity index (χ1v) is 3.04. The van der Waals surface area contributed by atoms with Crippen LogP contribution < -0.4 is 0 Å². The van der Waals surface area contributed by atoms with Crippen LogP contribution in [0.1, 0.15) is 0 Å². The third-order valence-electron chi connectivity index (χ3n) is 0.937. The fourth-order valence-electron chi connectivity index (χ4n) is 0.500. The minimum absolute atomic E-state index is 0.0762. The summed E-state index contributed by atoms with van der Waals surface area (Å²) >= 11 is 0. The highest BCUT2D eigenvalue weighted by molar-refractivity contribution is 5.24. The molecule has 0 aliphatic heterocycles. The summed E-state index contributed by atoms with van der Waals surface area (Å²) in [5.41, 5.74) is 3.46. The van der Waals surface area contributed by atoms with E-state index in [1.807, 2.05) is 0 Å². The van der Waals surface area contributed by atoms with E-state index in [4.69, 9.17) is 0 Å². The molecule has 11 nitrogen and oxygen atoms in total. The van der Waals surface area contributed by atoms with E-state index in [2.05, 4.69) is 57.0 Å². The van der Waals surface area contributed by atoms with Crippen molar-refractivity contribution in [2.75, 3.05) is 0 Å². The lowest BCUT2D eigenvalue weighted by Gasteiger charge is -1.91. The summed E-state index contributed by atoms with van der Waals surface area (Å²) in [7, 11) is 0. The standard InChI is InChI=1S/C2H2N11/c3(1-5-10-11-6-1)9-4-2-7-12-13-8-2/h(H2-,3,4,5,6,7,8,10,11,12,13)/q-1. The second kappa shape index (κ2) is 3.29. The molecule has 0 aliphatic rings. The Morgan fingerprint density at radius 1 is 1.08 bits per heavy atom. The number of tetrazole rings is 2. The Bertz CT molecular complexity index is 355. The molecular formula is C2H2N11-. The molecular weight excluding hydrogens is 178 g/mol. The molecule has 0 aromatic carbocycles. The van der Waals surface area contributed by atoms with E-state index in [9.17, 15) is 0 Å². The van der Waals surface area contributed by atoms with Crippen molar-refractivity contribution in [1.29, 1.82) is 0 Å². The minimum Gasteiger partial charge on any atom is -0.236 e. The summed E-state index contributed by atoms with van der Waals surface area (Å²) in [6, 6.07) is 0. The quantitative estimate of drug-likeness (QED) is 0.476. The van der Waals surface area contributed by atoms with Gasteiger partial charge in [0, 0.05) is 0 Å². The molecule has 13 heavy (non-hydrogen) atoms. The van der Waals surface area contributed by atoms with Crippen molar-refractivity contribution >= 4 is 11.9 Å². The third kappa shape index (κ3) is 1.76. The number of H-pyrrole nitrogens is 2. The largest absolute Gasteiger partial charge is 0.254 e. The van der Waals surface area contributed by atoms with E-state index in [0.29, 0.717) is 0 Å². The van der Waals surface area contributed by atoms with Gasteiger partial charge in [-0.25, -0.2) is 20.8 Å². The Balaban J connectivity index is 1.93. The molecule has 11 heteroatoms. The van der Waals surface area contributed by atoms with Crippen LogP contribution in [-0.2, 0) is 0 Å². The van der Waals surface area contributed by atoms with Gasteiger partial charge in [-0.05, 0) is 5.21 Å². The molecule has 0 amide bonds. The molecule has 0 saturated heterocycles. The lowest BCUT2D eigenvalue weighted by atomic mass is 11.1. The van der Waals surface area contributed by atoms with E-state index in [-0.39, 0.29) is 11.9 Å². The maximum absolute atomic E-state index is 3.50. The Labute approximate surface area is 70.0 Å². The highest BCUT2D eigenvalue weighted by Gasteiger charge is 1.87. The van der Waals surface area contributed by atoms with Crippen molar-refractivity contribution in [3.63, 3.8) is 0 Å². The molecule has 0 saturated carbocycles. The normalized spacial score (nSPS) is 10.8. The van der Waals surface area contributed by atoms with E-state index in [1.165, 1.54) is 0 Å². The van der Waals surface area contributed by atoms with Gasteiger partial charge in [0.05, 0.1) is 0 Å². The van der Waals surface area contributed by atoms with Crippen LogP contribution in [0.25, 0.3) is 5.43 Å². The van der Waals surface area contributed by atoms with Crippen LogP contribution in [-0.4, -0.2) is 41.2 Å². The van der Waals surface area contributed by atoms with Gasteiger partial charge < -0.3 is 0 Å². The lowest BCUT2D eigenvalue weighted by Crippen LogP contribution is -1.68. The first kappa shape index (κ1) is 7.20. The molecule has 0 spiro atoms. The summed E-state index contributed by atoms with van der Waals surface area (Å²) in [5.74, 6) is 0.152. The van der Waals surface area contributed by atoms with Crippen molar-refractivity contribution < 1.29 is 0 Å². The number of nitrogens with zero attached hydrogens (tertiary/aromatic N) is 9. The highest BCUT2D eigenvalue weighted by Crippen LogP contribution is 2.09. The second-order valence-electron chi connectivity index (χ2n) is 1.71. The summed E-state index contributed by atoms with van der Waals surface area (Å²) in [4.78, 5) is 0. The molecule has 2 rings (SSSR count). The fraction of sp³-hybridized carbons (Fsp3) is 0. The predicted octanol–water partition coefficient (Wildman–Crippen LogP) is -0.583. The molecule has 0 atom stereocenters. The first-order valence-electron chi connectivity index (χ1n) is 3.04. The molecule has 2 aromatic heterocycles. The number of hydrogen-bond acceptors (Lipinski definition) is 8. The average Bonchev–Trinajstić information content (AvgIpc) is 2.75. The van der Waals surface area contributed by atoms with Gasteiger partial charge in [-0.2, -0.15) is 15.6 Å². The monoisotopic (exact) mass is 180 g/mol. The Kier molecular flexibility index (Phi) is 1.82. The molecule has 2 aromatic rings. The number of rotatable bonds is 3. The zero-order chi connectivity index (χ0) is 8.93. The molecule has 2 N–H and O–H groups in total. The Morgan fingerprint density at radius 2 is 1.92 bits per heavy atom. The predicted molar refractivity (Wildman–Crippen MR) is 35.9 cm³/mol. The Hall–Kier alpha value is -2.46. The van der Waals surface area contributed by atoms with Gasteiger partial charge in [0.15, 0.2) is 0 Å². The number of aromatic amines is 2. The minimum atomic E-state index is 0.0762. The van der Waals surface area contributed by atoms with Gasteiger partial charge in [0.2, 0.25) is 0 Å². The maximum Gasteiger partial charge on any atom is 0.254 e. The van der Waals surface area contributed by atoms with Crippen LogP contribution in [0.3, 0.4) is 0 Å². The lowest BCUT2D eigenvalue weighted by molar-refractivity contribution is 0.881. The molecule has 66 valence electrons. The van der Waals surface area contributed by atoms with E-state index >= 15 is 0 Å². The molecule has 0 aliphatic carbocycles. The highest BCUT2D eigenvalue weighted by atomic mass is 15.6. The first-order chi connectivity index (χ1) is 6.45. The molecule has 0 radical (unpaired) electrons. The van der Waals surface area contributed by atoms with Crippen LogP contribution in [0.4, 0.5) is 11.9 Å². The summed E-state index contributed by atoms with van der Waals surface area (Å²) < 4.78 is 0. The van der Waals surface area contributed by atoms with Crippen molar-refractivity contribution in [1.82, 2.24) is 41.2 Å². The van der Waals surface area contributed by atoms with Gasteiger partial charge in [-0.3, -0.25) is 0 Å². The van der Waals surface area contributed by atoms with Crippen molar-refractivity contribution in [3.05, 3.63) is 5.43 Å². The van der Waals surface area contributed by atoms with Crippen LogP contribution in [0.5, 0.6) is 0 Å². The maximum atomic E-state index is 3.50. The van der Waals surface area contributed by atoms with Gasteiger partial charge in [-0.1, -0.05) is 5.10 Å². The summed E-state index contributed by atoms with van der Waals surface area (Å²) in [6.45, 7) is 0. The van der Waals surface area contributed by atoms with Crippen molar-refractivity contribution in [3.8, 4) is 0 Å². The second-order valence-corrected chi connectivity index (χ2v) is 1.71. The topological polar surface area (TPSA) is 148 Å². The van der Waals surface area contributed by atoms with Crippen molar-refractivity contribution in [2.45, 2.75) is 0 Å². The molecule has 0 unspecified atom stereocenters. The zero-order valence-electron chi connectivity index (χ0n) is 6.02. The van der Waals surface area contributed by atoms with Crippen molar-refractivity contribution in [2.24, 2.45) is 10.3 Å². The van der Waals surface area contributed by atoms with E-state index in [1.54, 1.807) is 0 Å². The SMILES string of the molecule is N(=Nc1nn[nH]n1)[N-]c1nn[nH]n1. The number of aromatic nitrogens is 8. The average molecular weight is 180 g/mol. The molecule has 2 heterocycles. The third-order valence-corrected chi connectivity index (χ3v) is 0.937. The summed E-state index contributed by atoms with van der Waals surface area (Å²) in [5, 5.41) is 31.7. The van der Waals surface area contributed by atoms with Crippen LogP contribution >= 0.6 is 0 Å². The van der Waals surface area contributed by atoms with Gasteiger partial charge in [-0.15, -0.1) is 10.3 Å².